The molecule has 1 heterocycles. The van der Waals surface area contributed by atoms with Gasteiger partial charge in [0.2, 0.25) is 0 Å². The van der Waals surface area contributed by atoms with Crippen molar-refractivity contribution in [3.05, 3.63) is 67.9 Å². The molecule has 0 amide bonds. The molecule has 26 heavy (non-hydrogen) atoms. The third-order valence-corrected chi connectivity index (χ3v) is 5.42. The summed E-state index contributed by atoms with van der Waals surface area (Å²) in [7, 11) is 0. The molecule has 0 fully saturated rings. The molecule has 0 aliphatic rings. The van der Waals surface area contributed by atoms with Gasteiger partial charge in [-0.05, 0) is 35.9 Å². The van der Waals surface area contributed by atoms with Crippen LogP contribution in [0.2, 0.25) is 5.02 Å². The number of benzene rings is 2. The molecule has 0 saturated carbocycles. The van der Waals surface area contributed by atoms with Crippen molar-refractivity contribution < 1.29 is 9.90 Å². The van der Waals surface area contributed by atoms with Gasteiger partial charge in [0.1, 0.15) is 0 Å². The number of carboxylic acid groups (broad SMARTS) is 1. The van der Waals surface area contributed by atoms with Gasteiger partial charge in [0.05, 0.1) is 23.9 Å². The number of nitrogens with zero attached hydrogens (tertiary/aromatic N) is 2. The van der Waals surface area contributed by atoms with Crippen LogP contribution in [-0.4, -0.2) is 26.4 Å². The van der Waals surface area contributed by atoms with Crippen molar-refractivity contribution in [3.8, 4) is 0 Å². The predicted octanol–water partition coefficient (Wildman–Crippen LogP) is 4.43. The highest BCUT2D eigenvalue weighted by Crippen LogP contribution is 2.22. The molecule has 5 nitrogen and oxygen atoms in total. The van der Waals surface area contributed by atoms with Gasteiger partial charge in [-0.3, -0.25) is 14.2 Å². The largest absolute Gasteiger partial charge is 0.481 e. The maximum Gasteiger partial charge on any atom is 0.304 e. The van der Waals surface area contributed by atoms with E-state index in [1.165, 1.54) is 11.8 Å². The zero-order valence-electron chi connectivity index (χ0n) is 13.5. The van der Waals surface area contributed by atoms with Crippen LogP contribution in [0, 0.1) is 0 Å². The molecule has 0 radical (unpaired) electrons. The van der Waals surface area contributed by atoms with Crippen LogP contribution >= 0.6 is 39.3 Å². The van der Waals surface area contributed by atoms with E-state index in [0.29, 0.717) is 33.4 Å². The molecule has 134 valence electrons. The van der Waals surface area contributed by atoms with E-state index in [-0.39, 0.29) is 12.0 Å². The molecule has 0 unspecified atom stereocenters. The summed E-state index contributed by atoms with van der Waals surface area (Å²) in [4.78, 5) is 28.3. The number of halogens is 2. The lowest BCUT2D eigenvalue weighted by atomic mass is 10.2. The first-order valence-corrected chi connectivity index (χ1v) is 9.89. The van der Waals surface area contributed by atoms with E-state index in [1.54, 1.807) is 22.8 Å². The maximum atomic E-state index is 13.0. The molecule has 3 rings (SSSR count). The van der Waals surface area contributed by atoms with E-state index in [2.05, 4.69) is 20.9 Å². The van der Waals surface area contributed by atoms with Crippen LogP contribution in [0.5, 0.6) is 0 Å². The highest BCUT2D eigenvalue weighted by atomic mass is 79.9. The van der Waals surface area contributed by atoms with E-state index < -0.39 is 5.97 Å². The van der Waals surface area contributed by atoms with Crippen molar-refractivity contribution in [1.82, 2.24) is 9.55 Å². The number of carbonyl (C=O) groups is 1. The Hall–Kier alpha value is -1.83. The molecular weight excluding hydrogens is 440 g/mol. The summed E-state index contributed by atoms with van der Waals surface area (Å²) in [6.45, 7) is 0.344. The fourth-order valence-electron chi connectivity index (χ4n) is 2.42. The normalized spacial score (nSPS) is 11.0. The highest BCUT2D eigenvalue weighted by molar-refractivity contribution is 9.10. The van der Waals surface area contributed by atoms with Gasteiger partial charge in [-0.25, -0.2) is 4.98 Å². The SMILES string of the molecule is O=C(O)CCSc1nc2ccc(Cl)cc2c(=O)n1Cc1ccc(Br)cc1. The van der Waals surface area contributed by atoms with Gasteiger partial charge in [0.15, 0.2) is 5.16 Å². The van der Waals surface area contributed by atoms with Gasteiger partial charge in [-0.15, -0.1) is 0 Å². The van der Waals surface area contributed by atoms with Gasteiger partial charge >= 0.3 is 5.97 Å². The van der Waals surface area contributed by atoms with Crippen molar-refractivity contribution in [2.75, 3.05) is 5.75 Å². The third kappa shape index (κ3) is 4.47. The minimum absolute atomic E-state index is 0.00250. The van der Waals surface area contributed by atoms with Gasteiger partial charge in [-0.2, -0.15) is 0 Å². The van der Waals surface area contributed by atoms with Crippen LogP contribution in [0.3, 0.4) is 0 Å². The summed E-state index contributed by atoms with van der Waals surface area (Å²) in [5.41, 5.74) is 1.29. The van der Waals surface area contributed by atoms with E-state index in [1.807, 2.05) is 24.3 Å². The Morgan fingerprint density at radius 1 is 1.23 bits per heavy atom. The Balaban J connectivity index is 2.06. The summed E-state index contributed by atoms with van der Waals surface area (Å²) >= 11 is 10.7. The van der Waals surface area contributed by atoms with Crippen molar-refractivity contribution in [2.45, 2.75) is 18.1 Å². The van der Waals surface area contributed by atoms with E-state index in [0.717, 1.165) is 10.0 Å². The Bertz CT molecular complexity index is 1020. The Morgan fingerprint density at radius 2 is 1.96 bits per heavy atom. The van der Waals surface area contributed by atoms with Gasteiger partial charge in [0, 0.05) is 15.2 Å². The number of aliphatic carboxylic acids is 1. The fourth-order valence-corrected chi connectivity index (χ4v) is 3.79. The lowest BCUT2D eigenvalue weighted by molar-refractivity contribution is -0.136. The number of fused-ring (bicyclic) bond motifs is 1. The van der Waals surface area contributed by atoms with Crippen LogP contribution in [0.1, 0.15) is 12.0 Å². The Morgan fingerprint density at radius 3 is 2.65 bits per heavy atom. The molecule has 0 aliphatic carbocycles. The summed E-state index contributed by atoms with van der Waals surface area (Å²) < 4.78 is 2.52. The first kappa shape index (κ1) is 18.9. The second kappa shape index (κ2) is 8.24. The molecule has 1 N–H and O–H groups in total. The van der Waals surface area contributed by atoms with Crippen LogP contribution in [-0.2, 0) is 11.3 Å². The average molecular weight is 454 g/mol. The molecule has 0 bridgehead atoms. The number of thioether (sulfide) groups is 1. The fraction of sp³-hybridized carbons (Fsp3) is 0.167. The predicted molar refractivity (Wildman–Crippen MR) is 107 cm³/mol. The van der Waals surface area contributed by atoms with Crippen molar-refractivity contribution in [3.63, 3.8) is 0 Å². The number of hydrogen-bond donors (Lipinski definition) is 1. The zero-order chi connectivity index (χ0) is 18.7. The minimum Gasteiger partial charge on any atom is -0.481 e. The molecule has 2 aromatic carbocycles. The molecule has 8 heteroatoms. The average Bonchev–Trinajstić information content (AvgIpc) is 2.60. The summed E-state index contributed by atoms with van der Waals surface area (Å²) in [5, 5.41) is 10.3. The molecule has 1 aromatic heterocycles. The number of aromatic nitrogens is 2. The summed E-state index contributed by atoms with van der Waals surface area (Å²) in [5.74, 6) is -0.548. The van der Waals surface area contributed by atoms with E-state index in [9.17, 15) is 9.59 Å². The number of hydrogen-bond acceptors (Lipinski definition) is 4. The van der Waals surface area contributed by atoms with Crippen molar-refractivity contribution in [2.24, 2.45) is 0 Å². The molecule has 0 aliphatic heterocycles. The summed E-state index contributed by atoms with van der Waals surface area (Å²) in [6, 6.07) is 12.6. The summed E-state index contributed by atoms with van der Waals surface area (Å²) in [6.07, 6.45) is -0.00250. The Labute approximate surface area is 167 Å². The standard InChI is InChI=1S/C18H14BrClN2O3S/c19-12-3-1-11(2-4-12)10-22-17(25)14-9-13(20)5-6-15(14)21-18(22)26-8-7-16(23)24/h1-6,9H,7-8,10H2,(H,23,24). The van der Waals surface area contributed by atoms with Gasteiger partial charge in [0.25, 0.3) is 5.56 Å². The maximum absolute atomic E-state index is 13.0. The van der Waals surface area contributed by atoms with Crippen LogP contribution in [0.4, 0.5) is 0 Å². The molecule has 0 saturated heterocycles. The smallest absolute Gasteiger partial charge is 0.304 e. The first-order chi connectivity index (χ1) is 12.4. The van der Waals surface area contributed by atoms with Crippen LogP contribution in [0.25, 0.3) is 10.9 Å². The molecule has 0 spiro atoms. The second-order valence-corrected chi connectivity index (χ2v) is 7.98. The monoisotopic (exact) mass is 452 g/mol. The molecule has 0 atom stereocenters. The second-order valence-electron chi connectivity index (χ2n) is 5.57. The lowest BCUT2D eigenvalue weighted by Gasteiger charge is -2.13. The lowest BCUT2D eigenvalue weighted by Crippen LogP contribution is -2.24. The van der Waals surface area contributed by atoms with Gasteiger partial charge < -0.3 is 5.11 Å². The van der Waals surface area contributed by atoms with Crippen LogP contribution < -0.4 is 5.56 Å². The minimum atomic E-state index is -0.883. The zero-order valence-corrected chi connectivity index (χ0v) is 16.6. The number of carboxylic acids is 1. The topological polar surface area (TPSA) is 72.2 Å². The van der Waals surface area contributed by atoms with Crippen molar-refractivity contribution >= 4 is 56.2 Å². The number of rotatable bonds is 6. The highest BCUT2D eigenvalue weighted by Gasteiger charge is 2.13. The van der Waals surface area contributed by atoms with Gasteiger partial charge in [-0.1, -0.05) is 51.4 Å². The van der Waals surface area contributed by atoms with Crippen LogP contribution in [0.15, 0.2) is 56.9 Å². The Kier molecular flexibility index (Phi) is 6.01. The molecular formula is C18H14BrClN2O3S. The first-order valence-electron chi connectivity index (χ1n) is 7.73. The van der Waals surface area contributed by atoms with Crippen molar-refractivity contribution in [1.29, 1.82) is 0 Å². The van der Waals surface area contributed by atoms with E-state index in [4.69, 9.17) is 16.7 Å². The van der Waals surface area contributed by atoms with E-state index >= 15 is 0 Å². The molecule has 3 aromatic rings. The third-order valence-electron chi connectivity index (χ3n) is 3.68. The quantitative estimate of drug-likeness (QED) is 0.442.